The molecule has 2 aliphatic rings. The highest BCUT2D eigenvalue weighted by molar-refractivity contribution is 5.94. The van der Waals surface area contributed by atoms with E-state index in [2.05, 4.69) is 10.2 Å². The van der Waals surface area contributed by atoms with E-state index < -0.39 is 17.6 Å². The zero-order chi connectivity index (χ0) is 21.3. The van der Waals surface area contributed by atoms with Gasteiger partial charge >= 0.3 is 6.09 Å². The molecule has 3 N–H and O–H groups in total. The molecule has 8 nitrogen and oxygen atoms in total. The molecule has 1 aromatic carbocycles. The van der Waals surface area contributed by atoms with Crippen LogP contribution in [0.1, 0.15) is 44.4 Å². The number of primary amides is 1. The van der Waals surface area contributed by atoms with Gasteiger partial charge in [-0.1, -0.05) is 0 Å². The number of ether oxygens (including phenoxy) is 3. The van der Waals surface area contributed by atoms with Crippen LogP contribution >= 0.6 is 0 Å². The van der Waals surface area contributed by atoms with Crippen molar-refractivity contribution in [2.75, 3.05) is 27.3 Å². The number of carbonyl (C=O) groups excluding carboxylic acids is 2. The highest BCUT2D eigenvalue weighted by Gasteiger charge is 2.36. The van der Waals surface area contributed by atoms with Crippen LogP contribution in [0.5, 0.6) is 11.5 Å². The summed E-state index contributed by atoms with van der Waals surface area (Å²) >= 11 is 0. The summed E-state index contributed by atoms with van der Waals surface area (Å²) in [6.45, 7) is 6.52. The van der Waals surface area contributed by atoms with Gasteiger partial charge in [-0.05, 0) is 50.5 Å². The van der Waals surface area contributed by atoms with Gasteiger partial charge in [-0.2, -0.15) is 0 Å². The molecule has 8 heteroatoms. The molecule has 1 atom stereocenters. The van der Waals surface area contributed by atoms with Gasteiger partial charge < -0.3 is 19.9 Å². The lowest BCUT2D eigenvalue weighted by Crippen LogP contribution is -2.45. The number of carbonyl (C=O) groups is 2. The number of amides is 2. The van der Waals surface area contributed by atoms with Crippen LogP contribution in [0.25, 0.3) is 0 Å². The minimum atomic E-state index is -0.639. The summed E-state index contributed by atoms with van der Waals surface area (Å²) in [5.74, 6) is 0.808. The molecule has 0 saturated heterocycles. The van der Waals surface area contributed by atoms with E-state index in [-0.39, 0.29) is 6.04 Å². The van der Waals surface area contributed by atoms with E-state index in [0.717, 1.165) is 18.5 Å². The topological polar surface area (TPSA) is 103 Å². The number of hydrogen-bond donors (Lipinski definition) is 2. The average Bonchev–Trinajstić information content (AvgIpc) is 2.64. The maximum absolute atomic E-state index is 12.3. The van der Waals surface area contributed by atoms with E-state index in [1.54, 1.807) is 35.0 Å². The lowest BCUT2D eigenvalue weighted by molar-refractivity contribution is -0.115. The van der Waals surface area contributed by atoms with Crippen LogP contribution in [0.15, 0.2) is 23.4 Å². The summed E-state index contributed by atoms with van der Waals surface area (Å²) in [4.78, 5) is 26.6. The van der Waals surface area contributed by atoms with Crippen LogP contribution in [0.2, 0.25) is 0 Å². The number of nitrogens with zero attached hydrogens (tertiary/aromatic N) is 1. The van der Waals surface area contributed by atoms with Crippen LogP contribution < -0.4 is 20.5 Å². The number of alkyl carbamates (subject to hydrolysis) is 1. The molecule has 0 aromatic heterocycles. The number of methoxy groups -OCH3 is 2. The van der Waals surface area contributed by atoms with Gasteiger partial charge in [0.15, 0.2) is 11.5 Å². The molecule has 0 radical (unpaired) electrons. The highest BCUT2D eigenvalue weighted by atomic mass is 16.6. The fourth-order valence-electron chi connectivity index (χ4n) is 3.90. The van der Waals surface area contributed by atoms with Crippen LogP contribution in [-0.2, 0) is 16.0 Å². The second-order valence-corrected chi connectivity index (χ2v) is 8.29. The zero-order valence-electron chi connectivity index (χ0n) is 17.6. The maximum atomic E-state index is 12.3. The molecular formula is C21H29N3O5. The molecule has 1 aromatic rings. The molecular weight excluding hydrogens is 374 g/mol. The summed E-state index contributed by atoms with van der Waals surface area (Å²) in [5, 5.41) is 2.76. The van der Waals surface area contributed by atoms with Gasteiger partial charge in [-0.3, -0.25) is 15.0 Å². The SMILES string of the molecule is COc1cc2c(cc1OC)[C@@H]1CC(NC(=O)OC(C)(C)C)=C(C(N)=O)CN1CC2. The smallest absolute Gasteiger partial charge is 0.411 e. The zero-order valence-corrected chi connectivity index (χ0v) is 17.6. The number of nitrogens with two attached hydrogens (primary N) is 1. The molecule has 0 aliphatic carbocycles. The second-order valence-electron chi connectivity index (χ2n) is 8.29. The Morgan fingerprint density at radius 1 is 1.17 bits per heavy atom. The lowest BCUT2D eigenvalue weighted by Gasteiger charge is -2.42. The van der Waals surface area contributed by atoms with Gasteiger partial charge in [0.2, 0.25) is 5.91 Å². The number of benzene rings is 1. The molecule has 2 aliphatic heterocycles. The molecule has 3 rings (SSSR count). The standard InChI is InChI=1S/C21H29N3O5/c1-21(2,3)29-20(26)23-15-10-16-13-9-18(28-5)17(27-4)8-12(13)6-7-24(16)11-14(15)19(22)25/h8-9,16H,6-7,10-11H2,1-5H3,(H2,22,25)(H,23,26)/t16-/m0/s1. The molecule has 2 heterocycles. The third-order valence-electron chi connectivity index (χ3n) is 5.19. The Morgan fingerprint density at radius 2 is 1.83 bits per heavy atom. The number of fused-ring (bicyclic) bond motifs is 3. The molecule has 158 valence electrons. The van der Waals surface area contributed by atoms with Gasteiger partial charge in [0, 0.05) is 31.2 Å². The van der Waals surface area contributed by atoms with Gasteiger partial charge in [-0.15, -0.1) is 0 Å². The molecule has 0 bridgehead atoms. The van der Waals surface area contributed by atoms with Crippen molar-refractivity contribution in [3.05, 3.63) is 34.5 Å². The fraction of sp³-hybridized carbons (Fsp3) is 0.524. The molecule has 0 fully saturated rings. The second kappa shape index (κ2) is 7.94. The summed E-state index contributed by atoms with van der Waals surface area (Å²) in [5.41, 5.74) is 8.16. The molecule has 0 saturated carbocycles. The number of hydrogen-bond acceptors (Lipinski definition) is 6. The van der Waals surface area contributed by atoms with Gasteiger partial charge in [0.1, 0.15) is 5.60 Å². The normalized spacial score (nSPS) is 19.1. The summed E-state index contributed by atoms with van der Waals surface area (Å²) in [6, 6.07) is 3.97. The van der Waals surface area contributed by atoms with Gasteiger partial charge in [-0.25, -0.2) is 4.79 Å². The van der Waals surface area contributed by atoms with Crippen LogP contribution in [-0.4, -0.2) is 49.8 Å². The van der Waals surface area contributed by atoms with Crippen molar-refractivity contribution in [3.63, 3.8) is 0 Å². The predicted octanol–water partition coefficient (Wildman–Crippen LogP) is 2.27. The maximum Gasteiger partial charge on any atom is 0.411 e. The molecule has 2 amide bonds. The van der Waals surface area contributed by atoms with E-state index in [0.29, 0.717) is 35.7 Å². The van der Waals surface area contributed by atoms with Crippen molar-refractivity contribution in [1.82, 2.24) is 10.2 Å². The first kappa shape index (κ1) is 21.0. The Bertz CT molecular complexity index is 857. The average molecular weight is 403 g/mol. The van der Waals surface area contributed by atoms with Crippen LogP contribution in [0.4, 0.5) is 4.79 Å². The highest BCUT2D eigenvalue weighted by Crippen LogP contribution is 2.42. The lowest BCUT2D eigenvalue weighted by atomic mass is 9.85. The van der Waals surface area contributed by atoms with Gasteiger partial charge in [0.25, 0.3) is 0 Å². The fourth-order valence-corrected chi connectivity index (χ4v) is 3.90. The van der Waals surface area contributed by atoms with Crippen molar-refractivity contribution in [2.45, 2.75) is 45.3 Å². The first-order valence-corrected chi connectivity index (χ1v) is 9.63. The first-order valence-electron chi connectivity index (χ1n) is 9.63. The quantitative estimate of drug-likeness (QED) is 0.799. The first-order chi connectivity index (χ1) is 13.6. The summed E-state index contributed by atoms with van der Waals surface area (Å²) < 4.78 is 16.2. The van der Waals surface area contributed by atoms with Crippen molar-refractivity contribution in [2.24, 2.45) is 5.73 Å². The molecule has 29 heavy (non-hydrogen) atoms. The Labute approximate surface area is 171 Å². The Hall–Kier alpha value is -2.74. The van der Waals surface area contributed by atoms with Crippen molar-refractivity contribution in [1.29, 1.82) is 0 Å². The largest absolute Gasteiger partial charge is 0.493 e. The van der Waals surface area contributed by atoms with E-state index in [9.17, 15) is 9.59 Å². The Balaban J connectivity index is 1.94. The number of nitrogens with one attached hydrogen (secondary N) is 1. The minimum Gasteiger partial charge on any atom is -0.493 e. The van der Waals surface area contributed by atoms with Crippen molar-refractivity contribution in [3.8, 4) is 11.5 Å². The van der Waals surface area contributed by atoms with Crippen molar-refractivity contribution < 1.29 is 23.8 Å². The van der Waals surface area contributed by atoms with Crippen molar-refractivity contribution >= 4 is 12.0 Å². The third kappa shape index (κ3) is 4.48. The van der Waals surface area contributed by atoms with Gasteiger partial charge in [0.05, 0.1) is 19.8 Å². The van der Waals surface area contributed by atoms with E-state index in [1.165, 1.54) is 5.56 Å². The van der Waals surface area contributed by atoms with E-state index in [1.807, 2.05) is 12.1 Å². The predicted molar refractivity (Wildman–Crippen MR) is 108 cm³/mol. The van der Waals surface area contributed by atoms with Crippen LogP contribution in [0.3, 0.4) is 0 Å². The molecule has 0 spiro atoms. The Kier molecular flexibility index (Phi) is 5.75. The molecule has 0 unspecified atom stereocenters. The summed E-state index contributed by atoms with van der Waals surface area (Å²) in [7, 11) is 3.22. The summed E-state index contributed by atoms with van der Waals surface area (Å²) in [6.07, 6.45) is 0.676. The third-order valence-corrected chi connectivity index (χ3v) is 5.19. The number of rotatable bonds is 4. The minimum absolute atomic E-state index is 0.00778. The van der Waals surface area contributed by atoms with E-state index in [4.69, 9.17) is 19.9 Å². The monoisotopic (exact) mass is 403 g/mol. The van der Waals surface area contributed by atoms with Crippen LogP contribution in [0, 0.1) is 0 Å². The van der Waals surface area contributed by atoms with E-state index >= 15 is 0 Å². The Morgan fingerprint density at radius 3 is 2.41 bits per heavy atom.